The minimum absolute atomic E-state index is 0.0756. The molecular weight excluding hydrogens is 332 g/mol. The Labute approximate surface area is 154 Å². The van der Waals surface area contributed by atoms with Gasteiger partial charge in [-0.3, -0.25) is 14.5 Å². The van der Waals surface area contributed by atoms with Crippen molar-refractivity contribution in [1.82, 2.24) is 9.80 Å². The van der Waals surface area contributed by atoms with Crippen molar-refractivity contribution in [3.8, 4) is 5.75 Å². The number of piperidine rings is 1. The lowest BCUT2D eigenvalue weighted by atomic mass is 9.95. The number of primary amides is 1. The van der Waals surface area contributed by atoms with Gasteiger partial charge in [-0.05, 0) is 50.2 Å². The molecule has 1 aromatic rings. The van der Waals surface area contributed by atoms with Crippen molar-refractivity contribution >= 4 is 17.5 Å². The van der Waals surface area contributed by atoms with E-state index in [-0.39, 0.29) is 17.7 Å². The molecule has 2 N–H and O–H groups in total. The summed E-state index contributed by atoms with van der Waals surface area (Å²) in [7, 11) is 1.66. The summed E-state index contributed by atoms with van der Waals surface area (Å²) in [4.78, 5) is 30.1. The number of benzene rings is 1. The average molecular weight is 360 g/mol. The van der Waals surface area contributed by atoms with Gasteiger partial charge in [0.15, 0.2) is 0 Å². The van der Waals surface area contributed by atoms with E-state index in [9.17, 15) is 9.59 Å². The van der Waals surface area contributed by atoms with E-state index in [1.165, 1.54) is 0 Å². The molecule has 26 heavy (non-hydrogen) atoms. The third-order valence-electron chi connectivity index (χ3n) is 5.35. The van der Waals surface area contributed by atoms with Crippen LogP contribution in [0, 0.1) is 5.92 Å². The number of likely N-dealkylation sites (tertiary alicyclic amines) is 1. The molecule has 7 heteroatoms. The number of piperazine rings is 1. The molecule has 7 nitrogen and oxygen atoms in total. The zero-order chi connectivity index (χ0) is 18.5. The van der Waals surface area contributed by atoms with E-state index in [1.54, 1.807) is 7.11 Å². The molecule has 2 aliphatic heterocycles. The highest BCUT2D eigenvalue weighted by Gasteiger charge is 2.30. The number of rotatable bonds is 5. The second kappa shape index (κ2) is 8.40. The van der Waals surface area contributed by atoms with Gasteiger partial charge < -0.3 is 20.3 Å². The molecule has 1 aromatic carbocycles. The number of anilines is 1. The van der Waals surface area contributed by atoms with Crippen molar-refractivity contribution in [2.45, 2.75) is 12.8 Å². The number of amides is 2. The van der Waals surface area contributed by atoms with E-state index in [0.717, 1.165) is 63.5 Å². The average Bonchev–Trinajstić information content (AvgIpc) is 2.68. The molecule has 142 valence electrons. The number of carbonyl (C=O) groups is 2. The van der Waals surface area contributed by atoms with Gasteiger partial charge in [0.1, 0.15) is 5.75 Å². The zero-order valence-corrected chi connectivity index (χ0v) is 15.4. The Morgan fingerprint density at radius 2 is 1.65 bits per heavy atom. The van der Waals surface area contributed by atoms with Crippen molar-refractivity contribution in [1.29, 1.82) is 0 Å². The van der Waals surface area contributed by atoms with Gasteiger partial charge >= 0.3 is 0 Å². The lowest BCUT2D eigenvalue weighted by Crippen LogP contribution is -2.52. The molecule has 2 aliphatic rings. The van der Waals surface area contributed by atoms with Crippen LogP contribution in [0.3, 0.4) is 0 Å². The van der Waals surface area contributed by atoms with Crippen LogP contribution in [-0.2, 0) is 9.59 Å². The van der Waals surface area contributed by atoms with Crippen LogP contribution >= 0.6 is 0 Å². The lowest BCUT2D eigenvalue weighted by molar-refractivity contribution is -0.137. The summed E-state index contributed by atoms with van der Waals surface area (Å²) in [6, 6.07) is 8.05. The molecular formula is C19H28N4O3. The first-order chi connectivity index (χ1) is 12.6. The third kappa shape index (κ3) is 4.46. The topological polar surface area (TPSA) is 79.1 Å². The van der Waals surface area contributed by atoms with E-state index in [2.05, 4.69) is 17.0 Å². The summed E-state index contributed by atoms with van der Waals surface area (Å²) < 4.78 is 5.20. The molecule has 2 fully saturated rings. The summed E-state index contributed by atoms with van der Waals surface area (Å²) in [6.07, 6.45) is 1.62. The van der Waals surface area contributed by atoms with Gasteiger partial charge in [0, 0.05) is 37.8 Å². The SMILES string of the molecule is COc1ccc(N2CCN(C(=O)C3CCN(CC(N)=O)CC3)CC2)cc1. The van der Waals surface area contributed by atoms with Gasteiger partial charge in [-0.15, -0.1) is 0 Å². The molecule has 0 atom stereocenters. The van der Waals surface area contributed by atoms with Gasteiger partial charge in [-0.2, -0.15) is 0 Å². The molecule has 0 radical (unpaired) electrons. The Bertz CT molecular complexity index is 618. The number of hydrogen-bond acceptors (Lipinski definition) is 5. The van der Waals surface area contributed by atoms with Gasteiger partial charge in [0.2, 0.25) is 11.8 Å². The Morgan fingerprint density at radius 1 is 1.04 bits per heavy atom. The first-order valence-electron chi connectivity index (χ1n) is 9.25. The van der Waals surface area contributed by atoms with Crippen molar-refractivity contribution in [2.24, 2.45) is 11.7 Å². The molecule has 2 amide bonds. The highest BCUT2D eigenvalue weighted by Crippen LogP contribution is 2.23. The fourth-order valence-corrected chi connectivity index (χ4v) is 3.79. The van der Waals surface area contributed by atoms with Gasteiger partial charge in [0.05, 0.1) is 13.7 Å². The maximum absolute atomic E-state index is 12.8. The smallest absolute Gasteiger partial charge is 0.231 e. The van der Waals surface area contributed by atoms with Gasteiger partial charge in [0.25, 0.3) is 0 Å². The fourth-order valence-electron chi connectivity index (χ4n) is 3.79. The Balaban J connectivity index is 1.47. The standard InChI is InChI=1S/C19H28N4O3/c1-26-17-4-2-16(3-5-17)22-10-12-23(13-11-22)19(25)15-6-8-21(9-7-15)14-18(20)24/h2-5,15H,6-14H2,1H3,(H2,20,24). The maximum atomic E-state index is 12.8. The third-order valence-corrected chi connectivity index (χ3v) is 5.35. The predicted molar refractivity (Wildman–Crippen MR) is 100 cm³/mol. The second-order valence-corrected chi connectivity index (χ2v) is 7.03. The Kier molecular flexibility index (Phi) is 5.98. The van der Waals surface area contributed by atoms with Crippen LogP contribution in [0.5, 0.6) is 5.75 Å². The van der Waals surface area contributed by atoms with Crippen LogP contribution in [0.4, 0.5) is 5.69 Å². The lowest BCUT2D eigenvalue weighted by Gasteiger charge is -2.39. The van der Waals surface area contributed by atoms with Crippen LogP contribution in [0.25, 0.3) is 0 Å². The van der Waals surface area contributed by atoms with E-state index >= 15 is 0 Å². The molecule has 2 heterocycles. The number of ether oxygens (including phenoxy) is 1. The highest BCUT2D eigenvalue weighted by molar-refractivity contribution is 5.79. The normalized spacial score (nSPS) is 19.4. The largest absolute Gasteiger partial charge is 0.497 e. The van der Waals surface area contributed by atoms with Crippen LogP contribution in [0.1, 0.15) is 12.8 Å². The highest BCUT2D eigenvalue weighted by atomic mass is 16.5. The number of nitrogens with zero attached hydrogens (tertiary/aromatic N) is 3. The van der Waals surface area contributed by atoms with Crippen LogP contribution in [0.15, 0.2) is 24.3 Å². The van der Waals surface area contributed by atoms with Gasteiger partial charge in [-0.25, -0.2) is 0 Å². The second-order valence-electron chi connectivity index (χ2n) is 7.03. The molecule has 2 saturated heterocycles. The molecule has 0 spiro atoms. The number of nitrogens with two attached hydrogens (primary N) is 1. The molecule has 3 rings (SSSR count). The Morgan fingerprint density at radius 3 is 2.19 bits per heavy atom. The Hall–Kier alpha value is -2.28. The summed E-state index contributed by atoms with van der Waals surface area (Å²) in [6.45, 7) is 5.04. The summed E-state index contributed by atoms with van der Waals surface area (Å²) in [5.41, 5.74) is 6.41. The van der Waals surface area contributed by atoms with Crippen LogP contribution < -0.4 is 15.4 Å². The molecule has 0 bridgehead atoms. The van der Waals surface area contributed by atoms with E-state index in [4.69, 9.17) is 10.5 Å². The molecule has 0 saturated carbocycles. The fraction of sp³-hybridized carbons (Fsp3) is 0.579. The number of methoxy groups -OCH3 is 1. The quantitative estimate of drug-likeness (QED) is 0.829. The van der Waals surface area contributed by atoms with Crippen molar-refractivity contribution in [2.75, 3.05) is 57.8 Å². The van der Waals surface area contributed by atoms with Crippen molar-refractivity contribution in [3.05, 3.63) is 24.3 Å². The molecule has 0 aromatic heterocycles. The summed E-state index contributed by atoms with van der Waals surface area (Å²) in [5, 5.41) is 0. The summed E-state index contributed by atoms with van der Waals surface area (Å²) in [5.74, 6) is 0.888. The maximum Gasteiger partial charge on any atom is 0.231 e. The summed E-state index contributed by atoms with van der Waals surface area (Å²) >= 11 is 0. The van der Waals surface area contributed by atoms with Crippen molar-refractivity contribution in [3.63, 3.8) is 0 Å². The van der Waals surface area contributed by atoms with Gasteiger partial charge in [-0.1, -0.05) is 0 Å². The molecule has 0 aliphatic carbocycles. The number of carbonyl (C=O) groups excluding carboxylic acids is 2. The minimum Gasteiger partial charge on any atom is -0.497 e. The van der Waals surface area contributed by atoms with Crippen molar-refractivity contribution < 1.29 is 14.3 Å². The predicted octanol–water partition coefficient (Wildman–Crippen LogP) is 0.541. The van der Waals surface area contributed by atoms with E-state index < -0.39 is 0 Å². The molecule has 0 unspecified atom stereocenters. The monoisotopic (exact) mass is 360 g/mol. The first-order valence-corrected chi connectivity index (χ1v) is 9.25. The van der Waals surface area contributed by atoms with Crippen LogP contribution in [-0.4, -0.2) is 74.5 Å². The van der Waals surface area contributed by atoms with Crippen LogP contribution in [0.2, 0.25) is 0 Å². The minimum atomic E-state index is -0.301. The van der Waals surface area contributed by atoms with E-state index in [0.29, 0.717) is 6.54 Å². The van der Waals surface area contributed by atoms with E-state index in [1.807, 2.05) is 21.9 Å². The first kappa shape index (κ1) is 18.5. The zero-order valence-electron chi connectivity index (χ0n) is 15.4. The number of hydrogen-bond donors (Lipinski definition) is 1.